The topological polar surface area (TPSA) is 23.5 Å². The van der Waals surface area contributed by atoms with Crippen LogP contribution in [0.15, 0.2) is 18.2 Å². The van der Waals surface area contributed by atoms with Crippen LogP contribution in [-0.2, 0) is 0 Å². The van der Waals surface area contributed by atoms with Crippen LogP contribution in [0.1, 0.15) is 38.2 Å². The molecule has 0 atom stereocenters. The summed E-state index contributed by atoms with van der Waals surface area (Å²) in [5.74, 6) is 0.203. The first-order chi connectivity index (χ1) is 8.08. The molecule has 0 spiro atoms. The first-order valence-electron chi connectivity index (χ1n) is 6.30. The van der Waals surface area contributed by atoms with Crippen molar-refractivity contribution in [3.05, 3.63) is 29.6 Å². The third kappa shape index (κ3) is 2.78. The van der Waals surface area contributed by atoms with Gasteiger partial charge in [-0.1, -0.05) is 19.9 Å². The molecule has 0 amide bonds. The van der Waals surface area contributed by atoms with E-state index in [-0.39, 0.29) is 11.9 Å². The standard InChI is InChI=1S/C14H20FNO/c1-10(2)11-3-4-14(13(15)9-11)16-7-5-12(17)6-8-16/h3-4,9-10,12,17H,5-8H2,1-2H3. The van der Waals surface area contributed by atoms with Crippen LogP contribution in [0, 0.1) is 5.82 Å². The van der Waals surface area contributed by atoms with Gasteiger partial charge in [-0.3, -0.25) is 0 Å². The number of hydrogen-bond acceptors (Lipinski definition) is 2. The molecule has 1 aliphatic heterocycles. The zero-order chi connectivity index (χ0) is 12.4. The summed E-state index contributed by atoms with van der Waals surface area (Å²) in [5.41, 5.74) is 1.70. The van der Waals surface area contributed by atoms with E-state index in [1.807, 2.05) is 17.0 Å². The molecule has 0 bridgehead atoms. The van der Waals surface area contributed by atoms with Crippen molar-refractivity contribution in [2.24, 2.45) is 0 Å². The van der Waals surface area contributed by atoms with Crippen LogP contribution in [0.3, 0.4) is 0 Å². The van der Waals surface area contributed by atoms with Crippen LogP contribution in [0.5, 0.6) is 0 Å². The molecular weight excluding hydrogens is 217 g/mol. The van der Waals surface area contributed by atoms with Gasteiger partial charge in [0.05, 0.1) is 11.8 Å². The Morgan fingerprint density at radius 2 is 1.94 bits per heavy atom. The molecular formula is C14H20FNO. The summed E-state index contributed by atoms with van der Waals surface area (Å²) in [6.45, 7) is 5.59. The van der Waals surface area contributed by atoms with Crippen molar-refractivity contribution in [3.63, 3.8) is 0 Å². The molecule has 1 aromatic carbocycles. The lowest BCUT2D eigenvalue weighted by molar-refractivity contribution is 0.145. The van der Waals surface area contributed by atoms with Crippen molar-refractivity contribution in [1.82, 2.24) is 0 Å². The normalized spacial score (nSPS) is 17.8. The Hall–Kier alpha value is -1.09. The van der Waals surface area contributed by atoms with Gasteiger partial charge in [-0.15, -0.1) is 0 Å². The van der Waals surface area contributed by atoms with Crippen molar-refractivity contribution >= 4 is 5.69 Å². The van der Waals surface area contributed by atoms with Crippen LogP contribution < -0.4 is 4.90 Å². The van der Waals surface area contributed by atoms with E-state index in [9.17, 15) is 9.50 Å². The fourth-order valence-corrected chi connectivity index (χ4v) is 2.25. The Morgan fingerprint density at radius 3 is 2.47 bits per heavy atom. The van der Waals surface area contributed by atoms with Crippen molar-refractivity contribution in [1.29, 1.82) is 0 Å². The van der Waals surface area contributed by atoms with Gasteiger partial charge in [0.2, 0.25) is 0 Å². The zero-order valence-corrected chi connectivity index (χ0v) is 10.5. The smallest absolute Gasteiger partial charge is 0.146 e. The second-order valence-corrected chi connectivity index (χ2v) is 5.08. The third-order valence-electron chi connectivity index (χ3n) is 3.44. The van der Waals surface area contributed by atoms with Crippen LogP contribution >= 0.6 is 0 Å². The molecule has 1 N–H and O–H groups in total. The summed E-state index contributed by atoms with van der Waals surface area (Å²) in [6.07, 6.45) is 1.24. The highest BCUT2D eigenvalue weighted by molar-refractivity contribution is 5.50. The summed E-state index contributed by atoms with van der Waals surface area (Å²) in [6, 6.07) is 5.49. The molecule has 0 aromatic heterocycles. The first-order valence-corrected chi connectivity index (χ1v) is 6.30. The van der Waals surface area contributed by atoms with Crippen LogP contribution in [-0.4, -0.2) is 24.3 Å². The van der Waals surface area contributed by atoms with E-state index in [0.717, 1.165) is 31.5 Å². The van der Waals surface area contributed by atoms with E-state index in [1.54, 1.807) is 6.07 Å². The van der Waals surface area contributed by atoms with Crippen molar-refractivity contribution < 1.29 is 9.50 Å². The molecule has 0 saturated carbocycles. The number of piperidine rings is 1. The van der Waals surface area contributed by atoms with Crippen molar-refractivity contribution in [2.45, 2.75) is 38.7 Å². The molecule has 3 heteroatoms. The number of halogens is 1. The second-order valence-electron chi connectivity index (χ2n) is 5.08. The fraction of sp³-hybridized carbons (Fsp3) is 0.571. The third-order valence-corrected chi connectivity index (χ3v) is 3.44. The van der Waals surface area contributed by atoms with Gasteiger partial charge >= 0.3 is 0 Å². The van der Waals surface area contributed by atoms with Crippen molar-refractivity contribution in [3.8, 4) is 0 Å². The van der Waals surface area contributed by atoms with E-state index in [4.69, 9.17) is 0 Å². The lowest BCUT2D eigenvalue weighted by Crippen LogP contribution is -2.36. The largest absolute Gasteiger partial charge is 0.393 e. The molecule has 94 valence electrons. The summed E-state index contributed by atoms with van der Waals surface area (Å²) in [7, 11) is 0. The molecule has 0 radical (unpaired) electrons. The highest BCUT2D eigenvalue weighted by Crippen LogP contribution is 2.26. The average Bonchev–Trinajstić information content (AvgIpc) is 2.30. The molecule has 2 rings (SSSR count). The monoisotopic (exact) mass is 237 g/mol. The molecule has 1 saturated heterocycles. The Balaban J connectivity index is 2.16. The van der Waals surface area contributed by atoms with E-state index >= 15 is 0 Å². The predicted octanol–water partition coefficient (Wildman–Crippen LogP) is 2.91. The average molecular weight is 237 g/mol. The van der Waals surface area contributed by atoms with E-state index < -0.39 is 0 Å². The minimum Gasteiger partial charge on any atom is -0.393 e. The van der Waals surface area contributed by atoms with Crippen molar-refractivity contribution in [2.75, 3.05) is 18.0 Å². The fourth-order valence-electron chi connectivity index (χ4n) is 2.25. The van der Waals surface area contributed by atoms with Gasteiger partial charge in [0.25, 0.3) is 0 Å². The molecule has 1 fully saturated rings. The maximum atomic E-state index is 14.0. The Labute approximate surface area is 102 Å². The summed E-state index contributed by atoms with van der Waals surface area (Å²) >= 11 is 0. The second kappa shape index (κ2) is 5.05. The Kier molecular flexibility index (Phi) is 3.67. The summed E-state index contributed by atoms with van der Waals surface area (Å²) in [5, 5.41) is 9.44. The van der Waals surface area contributed by atoms with Gasteiger partial charge in [0.1, 0.15) is 5.82 Å². The highest BCUT2D eigenvalue weighted by Gasteiger charge is 2.19. The minimum absolute atomic E-state index is 0.146. The highest BCUT2D eigenvalue weighted by atomic mass is 19.1. The van der Waals surface area contributed by atoms with E-state index in [2.05, 4.69) is 13.8 Å². The molecule has 1 aromatic rings. The molecule has 1 heterocycles. The van der Waals surface area contributed by atoms with E-state index in [0.29, 0.717) is 11.6 Å². The van der Waals surface area contributed by atoms with Gasteiger partial charge < -0.3 is 10.0 Å². The molecule has 2 nitrogen and oxygen atoms in total. The number of rotatable bonds is 2. The van der Waals surface area contributed by atoms with Gasteiger partial charge in [-0.2, -0.15) is 0 Å². The SMILES string of the molecule is CC(C)c1ccc(N2CCC(O)CC2)c(F)c1. The Morgan fingerprint density at radius 1 is 1.29 bits per heavy atom. The number of aliphatic hydroxyl groups excluding tert-OH is 1. The Bertz CT molecular complexity index is 384. The predicted molar refractivity (Wildman–Crippen MR) is 67.9 cm³/mol. The summed E-state index contributed by atoms with van der Waals surface area (Å²) in [4.78, 5) is 2.02. The van der Waals surface area contributed by atoms with E-state index in [1.165, 1.54) is 0 Å². The number of nitrogens with zero attached hydrogens (tertiary/aromatic N) is 1. The summed E-state index contributed by atoms with van der Waals surface area (Å²) < 4.78 is 14.0. The molecule has 1 aliphatic rings. The maximum absolute atomic E-state index is 14.0. The van der Waals surface area contributed by atoms with Gasteiger partial charge in [-0.05, 0) is 36.5 Å². The number of aliphatic hydroxyl groups is 1. The van der Waals surface area contributed by atoms with Gasteiger partial charge in [0, 0.05) is 13.1 Å². The quantitative estimate of drug-likeness (QED) is 0.855. The number of benzene rings is 1. The lowest BCUT2D eigenvalue weighted by Gasteiger charge is -2.31. The number of anilines is 1. The van der Waals surface area contributed by atoms with Crippen LogP contribution in [0.2, 0.25) is 0 Å². The molecule has 17 heavy (non-hydrogen) atoms. The van der Waals surface area contributed by atoms with Gasteiger partial charge in [0.15, 0.2) is 0 Å². The molecule has 0 aliphatic carbocycles. The van der Waals surface area contributed by atoms with Crippen LogP contribution in [0.4, 0.5) is 10.1 Å². The minimum atomic E-state index is -0.218. The molecule has 0 unspecified atom stereocenters. The lowest BCUT2D eigenvalue weighted by atomic mass is 10.0. The maximum Gasteiger partial charge on any atom is 0.146 e. The van der Waals surface area contributed by atoms with Crippen LogP contribution in [0.25, 0.3) is 0 Å². The zero-order valence-electron chi connectivity index (χ0n) is 10.5. The number of hydrogen-bond donors (Lipinski definition) is 1. The van der Waals surface area contributed by atoms with Gasteiger partial charge in [-0.25, -0.2) is 4.39 Å². The first kappa shape index (κ1) is 12.4.